The second-order valence-electron chi connectivity index (χ2n) is 6.89. The molecule has 114 valence electrons. The Balaban J connectivity index is 2.54. The Hall–Kier alpha value is -0.120. The van der Waals surface area contributed by atoms with Crippen LogP contribution in [-0.2, 0) is 0 Å². The van der Waals surface area contributed by atoms with E-state index in [1.807, 2.05) is 13.8 Å². The fourth-order valence-electron chi connectivity index (χ4n) is 3.49. The topological polar surface area (TPSA) is 52.5 Å². The van der Waals surface area contributed by atoms with Crippen LogP contribution in [0.25, 0.3) is 0 Å². The molecule has 3 unspecified atom stereocenters. The maximum atomic E-state index is 9.87. The van der Waals surface area contributed by atoms with Crippen LogP contribution in [0, 0.1) is 17.8 Å². The van der Waals surface area contributed by atoms with Gasteiger partial charge in [0.2, 0.25) is 0 Å². The van der Waals surface area contributed by atoms with E-state index in [0.29, 0.717) is 23.8 Å². The van der Waals surface area contributed by atoms with Crippen LogP contribution in [-0.4, -0.2) is 34.5 Å². The number of aliphatic hydroxyl groups is 2. The van der Waals surface area contributed by atoms with Crippen molar-refractivity contribution in [3.8, 4) is 0 Å². The zero-order chi connectivity index (χ0) is 14.6. The smallest absolute Gasteiger partial charge is 0.0667 e. The lowest BCUT2D eigenvalue weighted by atomic mass is 9.76. The minimum absolute atomic E-state index is 0.155. The monoisotopic (exact) mass is 271 g/mol. The fourth-order valence-corrected chi connectivity index (χ4v) is 3.49. The van der Waals surface area contributed by atoms with E-state index in [1.54, 1.807) is 0 Å². The van der Waals surface area contributed by atoms with E-state index in [9.17, 15) is 10.2 Å². The average Bonchev–Trinajstić information content (AvgIpc) is 2.34. The standard InChI is InChI=1S/C16H33NO2/c1-10(2)16(13(5)19)17-11(3)14-7-6-8-15(9-14)12(4)18/h10-19H,6-9H2,1-5H3/t11?,12?,13?,14-,15+,16-/m1/s1. The number of rotatable bonds is 6. The number of hydrogen-bond acceptors (Lipinski definition) is 3. The van der Waals surface area contributed by atoms with Crippen LogP contribution in [0.3, 0.4) is 0 Å². The lowest BCUT2D eigenvalue weighted by Crippen LogP contribution is -2.50. The average molecular weight is 271 g/mol. The summed E-state index contributed by atoms with van der Waals surface area (Å²) in [6.07, 6.45) is 4.21. The summed E-state index contributed by atoms with van der Waals surface area (Å²) in [5, 5.41) is 23.3. The molecule has 0 bridgehead atoms. The van der Waals surface area contributed by atoms with E-state index in [0.717, 1.165) is 12.8 Å². The van der Waals surface area contributed by atoms with Crippen molar-refractivity contribution in [1.82, 2.24) is 5.32 Å². The normalized spacial score (nSPS) is 30.9. The first-order chi connectivity index (χ1) is 8.82. The molecule has 0 heterocycles. The van der Waals surface area contributed by atoms with Gasteiger partial charge in [0.1, 0.15) is 0 Å². The first kappa shape index (κ1) is 16.9. The lowest BCUT2D eigenvalue weighted by Gasteiger charge is -2.37. The molecule has 3 nitrogen and oxygen atoms in total. The molecule has 3 heteroatoms. The molecule has 0 amide bonds. The summed E-state index contributed by atoms with van der Waals surface area (Å²) >= 11 is 0. The van der Waals surface area contributed by atoms with E-state index in [1.165, 1.54) is 12.8 Å². The Kier molecular flexibility index (Phi) is 6.78. The summed E-state index contributed by atoms with van der Waals surface area (Å²) in [6, 6.07) is 0.561. The molecular formula is C16H33NO2. The minimum Gasteiger partial charge on any atom is -0.393 e. The molecule has 0 aliphatic heterocycles. The van der Waals surface area contributed by atoms with E-state index in [2.05, 4.69) is 26.1 Å². The highest BCUT2D eigenvalue weighted by molar-refractivity contribution is 4.86. The first-order valence-corrected chi connectivity index (χ1v) is 7.95. The Morgan fingerprint density at radius 3 is 2.00 bits per heavy atom. The highest BCUT2D eigenvalue weighted by Crippen LogP contribution is 2.33. The highest BCUT2D eigenvalue weighted by Gasteiger charge is 2.30. The third-order valence-electron chi connectivity index (χ3n) is 4.84. The van der Waals surface area contributed by atoms with Crippen molar-refractivity contribution in [2.45, 2.75) is 84.6 Å². The lowest BCUT2D eigenvalue weighted by molar-refractivity contribution is 0.0647. The minimum atomic E-state index is -0.321. The molecule has 0 spiro atoms. The van der Waals surface area contributed by atoms with Crippen molar-refractivity contribution >= 4 is 0 Å². The zero-order valence-corrected chi connectivity index (χ0v) is 13.3. The molecule has 1 rings (SSSR count). The maximum Gasteiger partial charge on any atom is 0.0667 e. The summed E-state index contributed by atoms with van der Waals surface area (Å²) in [4.78, 5) is 0. The molecule has 6 atom stereocenters. The molecule has 3 N–H and O–H groups in total. The van der Waals surface area contributed by atoms with Gasteiger partial charge in [-0.15, -0.1) is 0 Å². The Morgan fingerprint density at radius 1 is 0.947 bits per heavy atom. The summed E-state index contributed by atoms with van der Waals surface area (Å²) in [7, 11) is 0. The molecule has 1 aliphatic carbocycles. The van der Waals surface area contributed by atoms with Crippen molar-refractivity contribution < 1.29 is 10.2 Å². The molecule has 0 aromatic carbocycles. The molecular weight excluding hydrogens is 238 g/mol. The molecule has 0 radical (unpaired) electrons. The van der Waals surface area contributed by atoms with Crippen molar-refractivity contribution in [3.05, 3.63) is 0 Å². The molecule has 1 saturated carbocycles. The molecule has 19 heavy (non-hydrogen) atoms. The summed E-state index contributed by atoms with van der Waals surface area (Å²) in [6.45, 7) is 10.3. The van der Waals surface area contributed by atoms with Crippen molar-refractivity contribution in [2.24, 2.45) is 17.8 Å². The Morgan fingerprint density at radius 2 is 1.53 bits per heavy atom. The van der Waals surface area contributed by atoms with Crippen LogP contribution in [0.4, 0.5) is 0 Å². The quantitative estimate of drug-likeness (QED) is 0.696. The van der Waals surface area contributed by atoms with Gasteiger partial charge in [-0.1, -0.05) is 20.3 Å². The molecule has 0 aromatic heterocycles. The summed E-state index contributed by atoms with van der Waals surface area (Å²) in [5.41, 5.74) is 0. The van der Waals surface area contributed by atoms with Crippen LogP contribution in [0.2, 0.25) is 0 Å². The van der Waals surface area contributed by atoms with Gasteiger partial charge in [-0.05, 0) is 57.8 Å². The van der Waals surface area contributed by atoms with Gasteiger partial charge in [-0.3, -0.25) is 0 Å². The van der Waals surface area contributed by atoms with Crippen molar-refractivity contribution in [3.63, 3.8) is 0 Å². The van der Waals surface area contributed by atoms with Crippen LogP contribution in [0.15, 0.2) is 0 Å². The van der Waals surface area contributed by atoms with E-state index < -0.39 is 0 Å². The van der Waals surface area contributed by atoms with Gasteiger partial charge < -0.3 is 15.5 Å². The van der Waals surface area contributed by atoms with Gasteiger partial charge in [0.15, 0.2) is 0 Å². The predicted octanol–water partition coefficient (Wildman–Crippen LogP) is 2.56. The van der Waals surface area contributed by atoms with E-state index >= 15 is 0 Å². The Bertz CT molecular complexity index is 245. The van der Waals surface area contributed by atoms with E-state index in [4.69, 9.17) is 0 Å². The van der Waals surface area contributed by atoms with E-state index in [-0.39, 0.29) is 18.2 Å². The largest absolute Gasteiger partial charge is 0.393 e. The number of nitrogens with one attached hydrogen (secondary N) is 1. The third-order valence-corrected chi connectivity index (χ3v) is 4.84. The van der Waals surface area contributed by atoms with Gasteiger partial charge in [0.25, 0.3) is 0 Å². The van der Waals surface area contributed by atoms with Crippen molar-refractivity contribution in [1.29, 1.82) is 0 Å². The maximum absolute atomic E-state index is 9.87. The van der Waals surface area contributed by atoms with Crippen LogP contribution in [0.5, 0.6) is 0 Å². The molecule has 0 saturated heterocycles. The second kappa shape index (κ2) is 7.61. The predicted molar refractivity (Wildman–Crippen MR) is 80.0 cm³/mol. The van der Waals surface area contributed by atoms with Gasteiger partial charge in [-0.2, -0.15) is 0 Å². The summed E-state index contributed by atoms with van der Waals surface area (Å²) < 4.78 is 0. The van der Waals surface area contributed by atoms with Crippen molar-refractivity contribution in [2.75, 3.05) is 0 Å². The number of hydrogen-bond donors (Lipinski definition) is 3. The Labute approximate surface area is 118 Å². The second-order valence-corrected chi connectivity index (χ2v) is 6.89. The van der Waals surface area contributed by atoms with Gasteiger partial charge in [-0.25, -0.2) is 0 Å². The van der Waals surface area contributed by atoms with Crippen LogP contribution in [0.1, 0.15) is 60.3 Å². The van der Waals surface area contributed by atoms with Crippen LogP contribution >= 0.6 is 0 Å². The SMILES string of the molecule is CC(O)[C@H]1CCC[C@@H](C(C)N[C@H](C(C)C)C(C)O)C1. The zero-order valence-electron chi connectivity index (χ0n) is 13.3. The molecule has 1 aliphatic rings. The van der Waals surface area contributed by atoms with Gasteiger partial charge >= 0.3 is 0 Å². The van der Waals surface area contributed by atoms with Crippen LogP contribution < -0.4 is 5.32 Å². The number of aliphatic hydroxyl groups excluding tert-OH is 2. The fraction of sp³-hybridized carbons (Fsp3) is 1.00. The molecule has 0 aromatic rings. The highest BCUT2D eigenvalue weighted by atomic mass is 16.3. The van der Waals surface area contributed by atoms with Gasteiger partial charge in [0, 0.05) is 12.1 Å². The molecule has 1 fully saturated rings. The summed E-state index contributed by atoms with van der Waals surface area (Å²) in [5.74, 6) is 1.50. The third kappa shape index (κ3) is 5.05. The first-order valence-electron chi connectivity index (χ1n) is 7.95. The van der Waals surface area contributed by atoms with Gasteiger partial charge in [0.05, 0.1) is 12.2 Å².